The number of aryl methyl sites for hydroxylation is 1. The number of anilines is 1. The van der Waals surface area contributed by atoms with Gasteiger partial charge in [-0.3, -0.25) is 0 Å². The van der Waals surface area contributed by atoms with Crippen LogP contribution >= 0.6 is 11.8 Å². The van der Waals surface area contributed by atoms with Gasteiger partial charge in [0.25, 0.3) is 0 Å². The van der Waals surface area contributed by atoms with E-state index in [4.69, 9.17) is 10.5 Å². The summed E-state index contributed by atoms with van der Waals surface area (Å²) in [5.41, 5.74) is 6.65. The molecule has 2 N–H and O–H groups in total. The molecule has 2 rings (SSSR count). The zero-order chi connectivity index (χ0) is 13.0. The molecule has 0 saturated carbocycles. The number of hydrogen-bond donors (Lipinski definition) is 1. The van der Waals surface area contributed by atoms with Crippen molar-refractivity contribution in [1.82, 2.24) is 20.2 Å². The largest absolute Gasteiger partial charge is 0.494 e. The van der Waals surface area contributed by atoms with Gasteiger partial charge in [0.05, 0.1) is 19.4 Å². The first-order valence-electron chi connectivity index (χ1n) is 5.57. The molecule has 0 aliphatic heterocycles. The first-order chi connectivity index (χ1) is 8.69. The lowest BCUT2D eigenvalue weighted by molar-refractivity contribution is 0.339. The fourth-order valence-electron chi connectivity index (χ4n) is 1.42. The van der Waals surface area contributed by atoms with E-state index in [1.54, 1.807) is 18.8 Å². The Bertz CT molecular complexity index is 528. The third-order valence-electron chi connectivity index (χ3n) is 2.20. The van der Waals surface area contributed by atoms with Crippen LogP contribution in [0.2, 0.25) is 0 Å². The van der Waals surface area contributed by atoms with E-state index in [-0.39, 0.29) is 0 Å². The van der Waals surface area contributed by atoms with Gasteiger partial charge in [-0.05, 0) is 30.3 Å². The van der Waals surface area contributed by atoms with Crippen molar-refractivity contribution in [3.8, 4) is 5.75 Å². The van der Waals surface area contributed by atoms with Crippen LogP contribution in [0.3, 0.4) is 0 Å². The van der Waals surface area contributed by atoms with Crippen LogP contribution in [0.25, 0.3) is 0 Å². The SMILES string of the molecule is CCOc1ccc(N)c(SCc2nnn(C)n2)c1. The van der Waals surface area contributed by atoms with Crippen molar-refractivity contribution >= 4 is 17.4 Å². The molecule has 1 aromatic heterocycles. The van der Waals surface area contributed by atoms with E-state index in [9.17, 15) is 0 Å². The molecular weight excluding hydrogens is 250 g/mol. The molecule has 0 radical (unpaired) electrons. The Morgan fingerprint density at radius 2 is 2.28 bits per heavy atom. The summed E-state index contributed by atoms with van der Waals surface area (Å²) in [6.07, 6.45) is 0. The Labute approximate surface area is 110 Å². The lowest BCUT2D eigenvalue weighted by Gasteiger charge is -2.07. The van der Waals surface area contributed by atoms with Crippen molar-refractivity contribution < 1.29 is 4.74 Å². The van der Waals surface area contributed by atoms with Gasteiger partial charge in [-0.15, -0.1) is 22.0 Å². The maximum atomic E-state index is 5.92. The Morgan fingerprint density at radius 1 is 1.44 bits per heavy atom. The summed E-state index contributed by atoms with van der Waals surface area (Å²) in [7, 11) is 1.74. The minimum Gasteiger partial charge on any atom is -0.494 e. The highest BCUT2D eigenvalue weighted by atomic mass is 32.2. The zero-order valence-electron chi connectivity index (χ0n) is 10.3. The number of nitrogen functional groups attached to an aromatic ring is 1. The summed E-state index contributed by atoms with van der Waals surface area (Å²) in [5.74, 6) is 2.14. The van der Waals surface area contributed by atoms with Crippen LogP contribution in [0.15, 0.2) is 23.1 Å². The molecule has 1 aromatic carbocycles. The predicted molar refractivity (Wildman–Crippen MR) is 70.4 cm³/mol. The van der Waals surface area contributed by atoms with Crippen LogP contribution in [0.4, 0.5) is 5.69 Å². The van der Waals surface area contributed by atoms with Crippen LogP contribution in [0, 0.1) is 0 Å². The minimum atomic E-state index is 0.633. The Balaban J connectivity index is 2.05. The predicted octanol–water partition coefficient (Wildman–Crippen LogP) is 1.48. The Hall–Kier alpha value is -1.76. The number of thioether (sulfide) groups is 1. The molecule has 0 fully saturated rings. The summed E-state index contributed by atoms with van der Waals surface area (Å²) in [5, 5.41) is 11.8. The van der Waals surface area contributed by atoms with Gasteiger partial charge >= 0.3 is 0 Å². The number of tetrazole rings is 1. The van der Waals surface area contributed by atoms with Gasteiger partial charge in [-0.1, -0.05) is 0 Å². The Morgan fingerprint density at radius 3 is 2.94 bits per heavy atom. The van der Waals surface area contributed by atoms with Gasteiger partial charge in [0.15, 0.2) is 5.82 Å². The summed E-state index contributed by atoms with van der Waals surface area (Å²) in [6, 6.07) is 5.64. The van der Waals surface area contributed by atoms with Crippen molar-refractivity contribution in [1.29, 1.82) is 0 Å². The first kappa shape index (κ1) is 12.7. The second-order valence-electron chi connectivity index (χ2n) is 3.62. The number of nitrogens with two attached hydrogens (primary N) is 1. The van der Waals surface area contributed by atoms with Crippen LogP contribution in [0.5, 0.6) is 5.75 Å². The van der Waals surface area contributed by atoms with Crippen molar-refractivity contribution in [2.75, 3.05) is 12.3 Å². The number of nitrogens with zero attached hydrogens (tertiary/aromatic N) is 4. The number of hydrogen-bond acceptors (Lipinski definition) is 6. The van der Waals surface area contributed by atoms with Crippen molar-refractivity contribution in [3.05, 3.63) is 24.0 Å². The van der Waals surface area contributed by atoms with E-state index in [1.165, 1.54) is 4.80 Å². The second kappa shape index (κ2) is 5.72. The molecule has 0 amide bonds. The quantitative estimate of drug-likeness (QED) is 0.651. The molecule has 0 spiro atoms. The number of aromatic nitrogens is 4. The molecule has 0 bridgehead atoms. The molecule has 0 aliphatic rings. The summed E-state index contributed by atoms with van der Waals surface area (Å²) in [6.45, 7) is 2.59. The van der Waals surface area contributed by atoms with Gasteiger partial charge in [0, 0.05) is 10.6 Å². The van der Waals surface area contributed by atoms with Gasteiger partial charge < -0.3 is 10.5 Å². The molecule has 0 aliphatic carbocycles. The van der Waals surface area contributed by atoms with E-state index in [0.29, 0.717) is 18.2 Å². The summed E-state index contributed by atoms with van der Waals surface area (Å²) < 4.78 is 5.44. The molecule has 6 nitrogen and oxygen atoms in total. The highest BCUT2D eigenvalue weighted by Crippen LogP contribution is 2.30. The summed E-state index contributed by atoms with van der Waals surface area (Å²) in [4.78, 5) is 2.41. The lowest BCUT2D eigenvalue weighted by Crippen LogP contribution is -1.95. The van der Waals surface area contributed by atoms with Crippen LogP contribution < -0.4 is 10.5 Å². The standard InChI is InChI=1S/C11H15N5OS/c1-3-17-8-4-5-9(12)10(6-8)18-7-11-13-15-16(2)14-11/h4-6H,3,7,12H2,1-2H3. The van der Waals surface area contributed by atoms with Crippen LogP contribution in [-0.2, 0) is 12.8 Å². The maximum Gasteiger partial charge on any atom is 0.184 e. The molecule has 96 valence electrons. The molecule has 0 unspecified atom stereocenters. The van der Waals surface area contributed by atoms with E-state index in [1.807, 2.05) is 25.1 Å². The first-order valence-corrected chi connectivity index (χ1v) is 6.55. The number of benzene rings is 1. The lowest BCUT2D eigenvalue weighted by atomic mass is 10.3. The average molecular weight is 265 g/mol. The minimum absolute atomic E-state index is 0.633. The highest BCUT2D eigenvalue weighted by molar-refractivity contribution is 7.98. The Kier molecular flexibility index (Phi) is 4.03. The van der Waals surface area contributed by atoms with Gasteiger partial charge in [0.1, 0.15) is 5.75 Å². The highest BCUT2D eigenvalue weighted by Gasteiger charge is 2.06. The second-order valence-corrected chi connectivity index (χ2v) is 4.63. The molecule has 7 heteroatoms. The van der Waals surface area contributed by atoms with E-state index in [0.717, 1.165) is 16.3 Å². The molecule has 0 atom stereocenters. The smallest absolute Gasteiger partial charge is 0.184 e. The van der Waals surface area contributed by atoms with Crippen molar-refractivity contribution in [2.24, 2.45) is 7.05 Å². The topological polar surface area (TPSA) is 78.9 Å². The number of rotatable bonds is 5. The van der Waals surface area contributed by atoms with Crippen molar-refractivity contribution in [3.63, 3.8) is 0 Å². The number of ether oxygens (including phenoxy) is 1. The van der Waals surface area contributed by atoms with Gasteiger partial charge in [-0.2, -0.15) is 4.80 Å². The van der Waals surface area contributed by atoms with Crippen LogP contribution in [0.1, 0.15) is 12.7 Å². The monoisotopic (exact) mass is 265 g/mol. The fourth-order valence-corrected chi connectivity index (χ4v) is 2.25. The zero-order valence-corrected chi connectivity index (χ0v) is 11.1. The van der Waals surface area contributed by atoms with E-state index < -0.39 is 0 Å². The fraction of sp³-hybridized carbons (Fsp3) is 0.364. The molecular formula is C11H15N5OS. The molecule has 2 aromatic rings. The summed E-state index contributed by atoms with van der Waals surface area (Å²) >= 11 is 1.57. The van der Waals surface area contributed by atoms with E-state index >= 15 is 0 Å². The van der Waals surface area contributed by atoms with Gasteiger partial charge in [-0.25, -0.2) is 0 Å². The molecule has 1 heterocycles. The molecule has 0 saturated heterocycles. The van der Waals surface area contributed by atoms with E-state index in [2.05, 4.69) is 15.4 Å². The third kappa shape index (κ3) is 3.13. The van der Waals surface area contributed by atoms with Crippen LogP contribution in [-0.4, -0.2) is 26.8 Å². The molecule has 18 heavy (non-hydrogen) atoms. The van der Waals surface area contributed by atoms with Crippen molar-refractivity contribution in [2.45, 2.75) is 17.6 Å². The third-order valence-corrected chi connectivity index (χ3v) is 3.27. The maximum absolute atomic E-state index is 5.92. The average Bonchev–Trinajstić information content (AvgIpc) is 2.76. The normalized spacial score (nSPS) is 10.6. The van der Waals surface area contributed by atoms with Gasteiger partial charge in [0.2, 0.25) is 0 Å².